The van der Waals surface area contributed by atoms with E-state index in [1.807, 2.05) is 0 Å². The average molecular weight is 214 g/mol. The first-order valence-electron chi connectivity index (χ1n) is 5.42. The Bertz CT molecular complexity index is 241. The van der Waals surface area contributed by atoms with E-state index in [2.05, 4.69) is 5.32 Å². The number of nitrogens with zero attached hydrogens (tertiary/aromatic N) is 1. The molecule has 2 aliphatic heterocycles. The molecule has 0 aromatic heterocycles. The number of amides is 1. The van der Waals surface area contributed by atoms with Crippen molar-refractivity contribution < 1.29 is 14.6 Å². The van der Waals surface area contributed by atoms with Crippen LogP contribution in [-0.4, -0.2) is 61.4 Å². The molecule has 2 fully saturated rings. The molecule has 0 radical (unpaired) electrons. The molecule has 0 spiro atoms. The highest BCUT2D eigenvalue weighted by molar-refractivity contribution is 5.79. The summed E-state index contributed by atoms with van der Waals surface area (Å²) in [6.45, 7) is 2.62. The summed E-state index contributed by atoms with van der Waals surface area (Å²) in [5, 5.41) is 12.8. The van der Waals surface area contributed by atoms with Crippen molar-refractivity contribution in [3.8, 4) is 0 Å². The number of nitrogens with one attached hydrogen (secondary N) is 1. The Balaban J connectivity index is 1.91. The first-order chi connectivity index (χ1) is 7.22. The molecule has 2 rings (SSSR count). The maximum atomic E-state index is 12.0. The van der Waals surface area contributed by atoms with Crippen LogP contribution >= 0.6 is 0 Å². The number of methoxy groups -OCH3 is 1. The van der Waals surface area contributed by atoms with E-state index in [4.69, 9.17) is 4.74 Å². The molecule has 0 bridgehead atoms. The lowest BCUT2D eigenvalue weighted by atomic mass is 10.1. The van der Waals surface area contributed by atoms with Crippen LogP contribution in [0, 0.1) is 5.92 Å². The Morgan fingerprint density at radius 2 is 2.33 bits per heavy atom. The number of ether oxygens (including phenoxy) is 1. The molecule has 2 saturated heterocycles. The number of rotatable bonds is 2. The van der Waals surface area contributed by atoms with Crippen molar-refractivity contribution in [3.63, 3.8) is 0 Å². The summed E-state index contributed by atoms with van der Waals surface area (Å²) >= 11 is 0. The van der Waals surface area contributed by atoms with E-state index in [1.54, 1.807) is 12.0 Å². The first-order valence-corrected chi connectivity index (χ1v) is 5.42. The van der Waals surface area contributed by atoms with Crippen molar-refractivity contribution in [2.75, 3.05) is 33.3 Å². The van der Waals surface area contributed by atoms with Crippen LogP contribution in [0.4, 0.5) is 0 Å². The SMILES string of the molecule is CO[C@@H]1CN(C(=O)[C@H]2CCNC2)C[C@H]1O. The molecule has 0 unspecified atom stereocenters. The lowest BCUT2D eigenvalue weighted by Gasteiger charge is -2.19. The van der Waals surface area contributed by atoms with Crippen LogP contribution in [-0.2, 0) is 9.53 Å². The lowest BCUT2D eigenvalue weighted by molar-refractivity contribution is -0.134. The lowest BCUT2D eigenvalue weighted by Crippen LogP contribution is -2.36. The number of hydrogen-bond acceptors (Lipinski definition) is 4. The van der Waals surface area contributed by atoms with Crippen LogP contribution in [0.15, 0.2) is 0 Å². The number of β-amino-alcohol motifs (C(OH)–C–C–N with tert-alkyl or cyclic N) is 1. The van der Waals surface area contributed by atoms with Gasteiger partial charge >= 0.3 is 0 Å². The van der Waals surface area contributed by atoms with Gasteiger partial charge in [-0.3, -0.25) is 4.79 Å². The van der Waals surface area contributed by atoms with Crippen LogP contribution in [0.1, 0.15) is 6.42 Å². The molecule has 5 heteroatoms. The molecule has 2 N–H and O–H groups in total. The first kappa shape index (κ1) is 10.9. The fraction of sp³-hybridized carbons (Fsp3) is 0.900. The quantitative estimate of drug-likeness (QED) is 0.607. The maximum Gasteiger partial charge on any atom is 0.227 e. The normalized spacial score (nSPS) is 36.1. The Labute approximate surface area is 89.4 Å². The third kappa shape index (κ3) is 2.14. The smallest absolute Gasteiger partial charge is 0.227 e. The van der Waals surface area contributed by atoms with Gasteiger partial charge in [0.25, 0.3) is 0 Å². The van der Waals surface area contributed by atoms with Gasteiger partial charge in [0.15, 0.2) is 0 Å². The van der Waals surface area contributed by atoms with E-state index in [0.29, 0.717) is 13.1 Å². The van der Waals surface area contributed by atoms with E-state index < -0.39 is 6.10 Å². The van der Waals surface area contributed by atoms with E-state index >= 15 is 0 Å². The molecule has 2 heterocycles. The predicted molar refractivity (Wildman–Crippen MR) is 54.4 cm³/mol. The van der Waals surface area contributed by atoms with Crippen molar-refractivity contribution >= 4 is 5.91 Å². The minimum atomic E-state index is -0.534. The van der Waals surface area contributed by atoms with Gasteiger partial charge in [0.1, 0.15) is 6.10 Å². The summed E-state index contributed by atoms with van der Waals surface area (Å²) in [4.78, 5) is 13.7. The summed E-state index contributed by atoms with van der Waals surface area (Å²) < 4.78 is 5.11. The molecule has 5 nitrogen and oxygen atoms in total. The highest BCUT2D eigenvalue weighted by Gasteiger charge is 2.37. The van der Waals surface area contributed by atoms with Crippen molar-refractivity contribution in [1.29, 1.82) is 0 Å². The highest BCUT2D eigenvalue weighted by atomic mass is 16.5. The fourth-order valence-corrected chi connectivity index (χ4v) is 2.29. The standard InChI is InChI=1S/C10H18N2O3/c1-15-9-6-12(5-8(9)13)10(14)7-2-3-11-4-7/h7-9,11,13H,2-6H2,1H3/t7-,8+,9+/m0/s1. The van der Waals surface area contributed by atoms with Crippen molar-refractivity contribution in [3.05, 3.63) is 0 Å². The van der Waals surface area contributed by atoms with Gasteiger partial charge in [-0.2, -0.15) is 0 Å². The topological polar surface area (TPSA) is 61.8 Å². The van der Waals surface area contributed by atoms with Crippen LogP contribution in [0.25, 0.3) is 0 Å². The molecule has 0 aliphatic carbocycles. The second kappa shape index (κ2) is 4.47. The molecular formula is C10H18N2O3. The summed E-state index contributed by atoms with van der Waals surface area (Å²) in [5.41, 5.74) is 0. The number of hydrogen-bond donors (Lipinski definition) is 2. The molecule has 0 aromatic rings. The van der Waals surface area contributed by atoms with Gasteiger partial charge in [0, 0.05) is 26.7 Å². The molecule has 1 amide bonds. The van der Waals surface area contributed by atoms with Crippen LogP contribution < -0.4 is 5.32 Å². The largest absolute Gasteiger partial charge is 0.388 e. The summed E-state index contributed by atoms with van der Waals surface area (Å²) in [6, 6.07) is 0. The monoisotopic (exact) mass is 214 g/mol. The number of carbonyl (C=O) groups excluding carboxylic acids is 1. The summed E-state index contributed by atoms with van der Waals surface area (Å²) in [7, 11) is 1.57. The molecule has 0 aromatic carbocycles. The second-order valence-corrected chi connectivity index (χ2v) is 4.27. The minimum absolute atomic E-state index is 0.0906. The molecule has 0 saturated carbocycles. The number of aliphatic hydroxyl groups excluding tert-OH is 1. The fourth-order valence-electron chi connectivity index (χ4n) is 2.29. The van der Waals surface area contributed by atoms with Gasteiger partial charge in [0.2, 0.25) is 5.91 Å². The van der Waals surface area contributed by atoms with Gasteiger partial charge < -0.3 is 20.1 Å². The average Bonchev–Trinajstić information content (AvgIpc) is 2.85. The van der Waals surface area contributed by atoms with E-state index in [0.717, 1.165) is 19.5 Å². The van der Waals surface area contributed by atoms with Gasteiger partial charge in [-0.05, 0) is 13.0 Å². The molecule has 15 heavy (non-hydrogen) atoms. The number of likely N-dealkylation sites (tertiary alicyclic amines) is 1. The van der Waals surface area contributed by atoms with Gasteiger partial charge in [-0.15, -0.1) is 0 Å². The summed E-state index contributed by atoms with van der Waals surface area (Å²) in [5.74, 6) is 0.242. The molecular weight excluding hydrogens is 196 g/mol. The maximum absolute atomic E-state index is 12.0. The Kier molecular flexibility index (Phi) is 3.23. The van der Waals surface area contributed by atoms with E-state index in [-0.39, 0.29) is 17.9 Å². The zero-order valence-electron chi connectivity index (χ0n) is 8.98. The molecule has 3 atom stereocenters. The zero-order valence-corrected chi connectivity index (χ0v) is 8.98. The van der Waals surface area contributed by atoms with Crippen LogP contribution in [0.3, 0.4) is 0 Å². The van der Waals surface area contributed by atoms with Gasteiger partial charge in [-0.1, -0.05) is 0 Å². The minimum Gasteiger partial charge on any atom is -0.388 e. The number of aliphatic hydroxyl groups is 1. The zero-order chi connectivity index (χ0) is 10.8. The van der Waals surface area contributed by atoms with Crippen molar-refractivity contribution in [2.45, 2.75) is 18.6 Å². The Morgan fingerprint density at radius 1 is 1.53 bits per heavy atom. The van der Waals surface area contributed by atoms with E-state index in [1.165, 1.54) is 0 Å². The van der Waals surface area contributed by atoms with Gasteiger partial charge in [-0.25, -0.2) is 0 Å². The van der Waals surface area contributed by atoms with Crippen LogP contribution in [0.5, 0.6) is 0 Å². The third-order valence-electron chi connectivity index (χ3n) is 3.26. The van der Waals surface area contributed by atoms with Crippen molar-refractivity contribution in [1.82, 2.24) is 10.2 Å². The second-order valence-electron chi connectivity index (χ2n) is 4.27. The van der Waals surface area contributed by atoms with Crippen LogP contribution in [0.2, 0.25) is 0 Å². The number of carbonyl (C=O) groups is 1. The van der Waals surface area contributed by atoms with E-state index in [9.17, 15) is 9.90 Å². The van der Waals surface area contributed by atoms with Crippen molar-refractivity contribution in [2.24, 2.45) is 5.92 Å². The molecule has 2 aliphatic rings. The summed E-state index contributed by atoms with van der Waals surface area (Å²) in [6.07, 6.45) is 0.153. The Hall–Kier alpha value is -0.650. The Morgan fingerprint density at radius 3 is 2.87 bits per heavy atom. The third-order valence-corrected chi connectivity index (χ3v) is 3.26. The van der Waals surface area contributed by atoms with Gasteiger partial charge in [0.05, 0.1) is 12.0 Å². The highest BCUT2D eigenvalue weighted by Crippen LogP contribution is 2.18. The predicted octanol–water partition coefficient (Wildman–Crippen LogP) is -1.19. The molecule has 86 valence electrons.